The molecule has 2 rings (SSSR count). The van der Waals surface area contributed by atoms with E-state index in [-0.39, 0.29) is 0 Å². The molecule has 1 aromatic carbocycles. The highest BCUT2D eigenvalue weighted by Crippen LogP contribution is 2.54. The molecule has 0 heterocycles. The molecule has 1 fully saturated rings. The molecule has 3 heteroatoms. The summed E-state index contributed by atoms with van der Waals surface area (Å²) in [5, 5.41) is 3.53. The minimum absolute atomic E-state index is 0.316. The molecule has 1 aliphatic rings. The topological polar surface area (TPSA) is 12.0 Å². The van der Waals surface area contributed by atoms with Crippen LogP contribution in [0.4, 0.5) is 8.78 Å². The summed E-state index contributed by atoms with van der Waals surface area (Å²) in [7, 11) is 0. The monoisotopic (exact) mass is 267 g/mol. The highest BCUT2D eigenvalue weighted by atomic mass is 19.1. The van der Waals surface area contributed by atoms with Crippen molar-refractivity contribution in [3.05, 3.63) is 35.4 Å². The van der Waals surface area contributed by atoms with Crippen molar-refractivity contribution in [2.24, 2.45) is 11.3 Å². The van der Waals surface area contributed by atoms with E-state index in [9.17, 15) is 8.78 Å². The summed E-state index contributed by atoms with van der Waals surface area (Å²) in [5.41, 5.74) is 1.10. The second-order valence-electron chi connectivity index (χ2n) is 6.34. The lowest BCUT2D eigenvalue weighted by Crippen LogP contribution is -2.35. The molecule has 1 saturated carbocycles. The van der Waals surface area contributed by atoms with Crippen molar-refractivity contribution < 1.29 is 8.78 Å². The molecule has 1 aliphatic carbocycles. The molecular weight excluding hydrogens is 244 g/mol. The molecule has 2 unspecified atom stereocenters. The van der Waals surface area contributed by atoms with Gasteiger partial charge in [-0.3, -0.25) is 0 Å². The Morgan fingerprint density at radius 2 is 1.84 bits per heavy atom. The highest BCUT2D eigenvalue weighted by Gasteiger charge is 2.49. The van der Waals surface area contributed by atoms with Gasteiger partial charge in [0.25, 0.3) is 0 Å². The minimum Gasteiger partial charge on any atom is -0.313 e. The molecule has 0 saturated heterocycles. The van der Waals surface area contributed by atoms with E-state index in [4.69, 9.17) is 0 Å². The van der Waals surface area contributed by atoms with E-state index in [1.165, 1.54) is 18.6 Å². The summed E-state index contributed by atoms with van der Waals surface area (Å²) in [6.07, 6.45) is 2.95. The third-order valence-corrected chi connectivity index (χ3v) is 4.11. The van der Waals surface area contributed by atoms with Crippen LogP contribution in [0.25, 0.3) is 0 Å². The van der Waals surface area contributed by atoms with E-state index in [1.807, 2.05) is 0 Å². The first-order valence-corrected chi connectivity index (χ1v) is 7.10. The molecule has 2 atom stereocenters. The summed E-state index contributed by atoms with van der Waals surface area (Å²) in [5.74, 6) is -0.371. The van der Waals surface area contributed by atoms with Crippen LogP contribution in [-0.4, -0.2) is 12.6 Å². The van der Waals surface area contributed by atoms with Gasteiger partial charge in [-0.05, 0) is 54.8 Å². The normalized spacial score (nSPS) is 22.3. The van der Waals surface area contributed by atoms with Crippen LogP contribution >= 0.6 is 0 Å². The van der Waals surface area contributed by atoms with Gasteiger partial charge in [-0.1, -0.05) is 20.8 Å². The molecule has 1 N–H and O–H groups in total. The van der Waals surface area contributed by atoms with Crippen molar-refractivity contribution in [2.75, 3.05) is 6.54 Å². The minimum atomic E-state index is -0.487. The molecule has 0 bridgehead atoms. The van der Waals surface area contributed by atoms with Crippen LogP contribution in [0.2, 0.25) is 0 Å². The van der Waals surface area contributed by atoms with E-state index >= 15 is 0 Å². The van der Waals surface area contributed by atoms with Gasteiger partial charge in [0.2, 0.25) is 0 Å². The smallest absolute Gasteiger partial charge is 0.126 e. The predicted octanol–water partition coefficient (Wildman–Crippen LogP) is 3.92. The fourth-order valence-electron chi connectivity index (χ4n) is 2.86. The summed E-state index contributed by atoms with van der Waals surface area (Å²) >= 11 is 0. The zero-order valence-electron chi connectivity index (χ0n) is 12.0. The lowest BCUT2D eigenvalue weighted by Gasteiger charge is -2.20. The fraction of sp³-hybridized carbons (Fsp3) is 0.625. The van der Waals surface area contributed by atoms with Crippen LogP contribution in [0.5, 0.6) is 0 Å². The maximum Gasteiger partial charge on any atom is 0.126 e. The van der Waals surface area contributed by atoms with Gasteiger partial charge < -0.3 is 5.32 Å². The van der Waals surface area contributed by atoms with E-state index in [0.717, 1.165) is 24.6 Å². The molecule has 0 radical (unpaired) electrons. The second kappa shape index (κ2) is 5.58. The molecule has 1 nitrogen and oxygen atoms in total. The van der Waals surface area contributed by atoms with E-state index in [2.05, 4.69) is 26.1 Å². The number of hydrogen-bond donors (Lipinski definition) is 1. The van der Waals surface area contributed by atoms with Crippen molar-refractivity contribution in [3.63, 3.8) is 0 Å². The average Bonchev–Trinajstić information content (AvgIpc) is 2.92. The Morgan fingerprint density at radius 3 is 2.32 bits per heavy atom. The molecular formula is C16H23F2N. The molecule has 0 aromatic heterocycles. The standard InChI is InChI=1S/C16H23F2N/c1-4-5-19-15(14-10-16(14,2)3)8-11-6-12(17)9-13(18)7-11/h6-7,9,14-15,19H,4-5,8,10H2,1-3H3. The van der Waals surface area contributed by atoms with Gasteiger partial charge in [-0.25, -0.2) is 8.78 Å². The maximum absolute atomic E-state index is 13.2. The number of nitrogens with one attached hydrogen (secondary N) is 1. The molecule has 1 aromatic rings. The van der Waals surface area contributed by atoms with Crippen molar-refractivity contribution >= 4 is 0 Å². The number of rotatable bonds is 6. The first-order valence-electron chi connectivity index (χ1n) is 7.10. The van der Waals surface area contributed by atoms with Crippen molar-refractivity contribution in [2.45, 2.75) is 46.1 Å². The SMILES string of the molecule is CCCNC(Cc1cc(F)cc(F)c1)C1CC1(C)C. The molecule has 19 heavy (non-hydrogen) atoms. The first-order chi connectivity index (χ1) is 8.92. The summed E-state index contributed by atoms with van der Waals surface area (Å²) in [4.78, 5) is 0. The molecule has 0 aliphatic heterocycles. The Bertz CT molecular complexity index is 422. The number of halogens is 2. The van der Waals surface area contributed by atoms with E-state index < -0.39 is 11.6 Å². The van der Waals surface area contributed by atoms with Gasteiger partial charge in [-0.15, -0.1) is 0 Å². The summed E-state index contributed by atoms with van der Waals surface area (Å²) in [6.45, 7) is 7.59. The average molecular weight is 267 g/mol. The van der Waals surface area contributed by atoms with Crippen molar-refractivity contribution in [3.8, 4) is 0 Å². The summed E-state index contributed by atoms with van der Waals surface area (Å²) < 4.78 is 26.5. The largest absolute Gasteiger partial charge is 0.313 e. The van der Waals surface area contributed by atoms with E-state index in [0.29, 0.717) is 23.8 Å². The zero-order valence-corrected chi connectivity index (χ0v) is 12.0. The Hall–Kier alpha value is -0.960. The van der Waals surface area contributed by atoms with Crippen molar-refractivity contribution in [1.82, 2.24) is 5.32 Å². The fourth-order valence-corrected chi connectivity index (χ4v) is 2.86. The van der Waals surface area contributed by atoms with Crippen LogP contribution in [0.1, 0.15) is 39.2 Å². The number of benzene rings is 1. The van der Waals surface area contributed by atoms with Gasteiger partial charge >= 0.3 is 0 Å². The van der Waals surface area contributed by atoms with Gasteiger partial charge in [0.1, 0.15) is 11.6 Å². The van der Waals surface area contributed by atoms with Crippen LogP contribution in [0.15, 0.2) is 18.2 Å². The van der Waals surface area contributed by atoms with Gasteiger partial charge in [-0.2, -0.15) is 0 Å². The lowest BCUT2D eigenvalue weighted by atomic mass is 9.97. The maximum atomic E-state index is 13.2. The quantitative estimate of drug-likeness (QED) is 0.823. The van der Waals surface area contributed by atoms with E-state index in [1.54, 1.807) is 0 Å². The number of hydrogen-bond acceptors (Lipinski definition) is 1. The second-order valence-corrected chi connectivity index (χ2v) is 6.34. The van der Waals surface area contributed by atoms with Gasteiger partial charge in [0, 0.05) is 12.1 Å². The van der Waals surface area contributed by atoms with Crippen LogP contribution < -0.4 is 5.32 Å². The first kappa shape index (κ1) is 14.4. The van der Waals surface area contributed by atoms with Crippen LogP contribution in [0, 0.1) is 23.0 Å². The lowest BCUT2D eigenvalue weighted by molar-refractivity contribution is 0.401. The van der Waals surface area contributed by atoms with Gasteiger partial charge in [0.15, 0.2) is 0 Å². The Balaban J connectivity index is 2.07. The zero-order chi connectivity index (χ0) is 14.0. The molecule has 0 spiro atoms. The highest BCUT2D eigenvalue weighted by molar-refractivity contribution is 5.20. The van der Waals surface area contributed by atoms with Gasteiger partial charge in [0.05, 0.1) is 0 Å². The Kier molecular flexibility index (Phi) is 4.24. The van der Waals surface area contributed by atoms with Crippen molar-refractivity contribution in [1.29, 1.82) is 0 Å². The third-order valence-electron chi connectivity index (χ3n) is 4.11. The Morgan fingerprint density at radius 1 is 1.26 bits per heavy atom. The predicted molar refractivity (Wildman–Crippen MR) is 74.0 cm³/mol. The van der Waals surface area contributed by atoms with Crippen LogP contribution in [0.3, 0.4) is 0 Å². The molecule has 0 amide bonds. The Labute approximate surface area is 114 Å². The third kappa shape index (κ3) is 3.75. The summed E-state index contributed by atoms with van der Waals surface area (Å²) in [6, 6.07) is 4.13. The molecule has 106 valence electrons. The van der Waals surface area contributed by atoms with Crippen LogP contribution in [-0.2, 0) is 6.42 Å².